The highest BCUT2D eigenvalue weighted by Gasteiger charge is 2.34. The van der Waals surface area contributed by atoms with Gasteiger partial charge in [-0.05, 0) is 47.7 Å². The van der Waals surface area contributed by atoms with E-state index >= 15 is 0 Å². The summed E-state index contributed by atoms with van der Waals surface area (Å²) in [5, 5.41) is 2.68. The summed E-state index contributed by atoms with van der Waals surface area (Å²) in [6, 6.07) is 11.9. The molecule has 1 fully saturated rings. The van der Waals surface area contributed by atoms with Crippen molar-refractivity contribution in [1.82, 2.24) is 10.2 Å². The van der Waals surface area contributed by atoms with Crippen LogP contribution < -0.4 is 10.1 Å². The van der Waals surface area contributed by atoms with Crippen LogP contribution in [0.5, 0.6) is 5.75 Å². The normalized spacial score (nSPS) is 15.1. The van der Waals surface area contributed by atoms with E-state index in [4.69, 9.17) is 27.9 Å². The van der Waals surface area contributed by atoms with Crippen molar-refractivity contribution in [3.05, 3.63) is 68.5 Å². The number of imide groups is 1. The van der Waals surface area contributed by atoms with Crippen LogP contribution in [-0.2, 0) is 4.79 Å². The molecule has 150 valence electrons. The van der Waals surface area contributed by atoms with E-state index in [0.717, 1.165) is 22.2 Å². The zero-order valence-corrected chi connectivity index (χ0v) is 17.6. The number of hydrogen-bond acceptors (Lipinski definition) is 5. The Balaban J connectivity index is 1.60. The number of nitrogens with zero attached hydrogens (tertiary/aromatic N) is 1. The smallest absolute Gasteiger partial charge is 0.293 e. The molecule has 0 aliphatic carbocycles. The van der Waals surface area contributed by atoms with Crippen LogP contribution in [0.4, 0.5) is 4.79 Å². The molecule has 1 saturated heterocycles. The number of benzene rings is 2. The molecule has 0 saturated carbocycles. The van der Waals surface area contributed by atoms with Gasteiger partial charge < -0.3 is 10.1 Å². The van der Waals surface area contributed by atoms with Gasteiger partial charge in [0.15, 0.2) is 0 Å². The second-order valence-corrected chi connectivity index (χ2v) is 7.74. The number of hydrogen-bond donors (Lipinski definition) is 1. The lowest BCUT2D eigenvalue weighted by molar-refractivity contribution is -0.122. The molecule has 1 aliphatic heterocycles. The predicted molar refractivity (Wildman–Crippen MR) is 114 cm³/mol. The van der Waals surface area contributed by atoms with Crippen LogP contribution in [0.15, 0.2) is 47.4 Å². The summed E-state index contributed by atoms with van der Waals surface area (Å²) in [6.07, 6.45) is 1.65. The summed E-state index contributed by atoms with van der Waals surface area (Å²) in [7, 11) is 1.57. The van der Waals surface area contributed by atoms with Crippen LogP contribution >= 0.6 is 35.0 Å². The van der Waals surface area contributed by atoms with E-state index in [9.17, 15) is 14.4 Å². The fourth-order valence-electron chi connectivity index (χ4n) is 2.60. The largest absolute Gasteiger partial charge is 0.497 e. The molecule has 3 rings (SSSR count). The lowest BCUT2D eigenvalue weighted by Gasteiger charge is -2.13. The lowest BCUT2D eigenvalue weighted by atomic mass is 10.2. The number of methoxy groups -OCH3 is 1. The van der Waals surface area contributed by atoms with Gasteiger partial charge in [-0.2, -0.15) is 0 Å². The van der Waals surface area contributed by atoms with Crippen LogP contribution in [0.3, 0.4) is 0 Å². The van der Waals surface area contributed by atoms with E-state index in [1.54, 1.807) is 55.7 Å². The molecule has 29 heavy (non-hydrogen) atoms. The summed E-state index contributed by atoms with van der Waals surface area (Å²) >= 11 is 12.8. The number of amides is 3. The third kappa shape index (κ3) is 4.93. The van der Waals surface area contributed by atoms with E-state index in [0.29, 0.717) is 10.7 Å². The van der Waals surface area contributed by atoms with Gasteiger partial charge in [-0.1, -0.05) is 41.4 Å². The maximum Gasteiger partial charge on any atom is 0.293 e. The molecule has 0 atom stereocenters. The fraction of sp³-hybridized carbons (Fsp3) is 0.150. The molecule has 1 N–H and O–H groups in total. The molecule has 0 unspecified atom stereocenters. The lowest BCUT2D eigenvalue weighted by Crippen LogP contribution is -2.37. The molecule has 2 aromatic carbocycles. The molecule has 0 spiro atoms. The van der Waals surface area contributed by atoms with Crippen LogP contribution in [0.2, 0.25) is 10.0 Å². The third-order valence-corrected chi connectivity index (χ3v) is 5.83. The van der Waals surface area contributed by atoms with Crippen molar-refractivity contribution in [3.63, 3.8) is 0 Å². The van der Waals surface area contributed by atoms with Gasteiger partial charge in [-0.15, -0.1) is 0 Å². The zero-order chi connectivity index (χ0) is 21.0. The average molecular weight is 451 g/mol. The molecule has 0 bridgehead atoms. The Morgan fingerprint density at radius 1 is 1.17 bits per heavy atom. The predicted octanol–water partition coefficient (Wildman–Crippen LogP) is 4.47. The highest BCUT2D eigenvalue weighted by molar-refractivity contribution is 8.18. The Bertz CT molecular complexity index is 992. The summed E-state index contributed by atoms with van der Waals surface area (Å²) < 4.78 is 5.10. The van der Waals surface area contributed by atoms with E-state index in [1.165, 1.54) is 0 Å². The molecule has 1 aliphatic rings. The Morgan fingerprint density at radius 2 is 1.90 bits per heavy atom. The molecule has 0 aromatic heterocycles. The van der Waals surface area contributed by atoms with Crippen molar-refractivity contribution in [3.8, 4) is 5.75 Å². The number of carbonyl (C=O) groups excluding carboxylic acids is 3. The Kier molecular flexibility index (Phi) is 6.84. The molecule has 3 amide bonds. The van der Waals surface area contributed by atoms with Crippen molar-refractivity contribution in [1.29, 1.82) is 0 Å². The highest BCUT2D eigenvalue weighted by Crippen LogP contribution is 2.32. The van der Waals surface area contributed by atoms with Gasteiger partial charge in [0.05, 0.1) is 27.6 Å². The van der Waals surface area contributed by atoms with Crippen LogP contribution in [-0.4, -0.2) is 42.2 Å². The van der Waals surface area contributed by atoms with Gasteiger partial charge in [-0.25, -0.2) is 0 Å². The zero-order valence-electron chi connectivity index (χ0n) is 15.3. The molecule has 2 aromatic rings. The summed E-state index contributed by atoms with van der Waals surface area (Å²) in [6.45, 7) is 0.143. The summed E-state index contributed by atoms with van der Waals surface area (Å²) in [5.41, 5.74) is 1.01. The standard InChI is InChI=1S/C20H16Cl2N2O4S/c1-28-13-7-5-12(6-8-13)11-16-19(26)24(20(27)29-16)10-9-23-18(25)14-3-2-4-15(21)17(14)22/h2-8,11H,9-10H2,1H3,(H,23,25). The highest BCUT2D eigenvalue weighted by atomic mass is 35.5. The number of carbonyl (C=O) groups is 3. The molecule has 1 heterocycles. The monoisotopic (exact) mass is 450 g/mol. The van der Waals surface area contributed by atoms with Gasteiger partial charge in [0.2, 0.25) is 0 Å². The molecule has 0 radical (unpaired) electrons. The third-order valence-electron chi connectivity index (χ3n) is 4.10. The second kappa shape index (κ2) is 9.35. The second-order valence-electron chi connectivity index (χ2n) is 5.96. The first kappa shape index (κ1) is 21.2. The Morgan fingerprint density at radius 3 is 2.59 bits per heavy atom. The number of thioether (sulfide) groups is 1. The van der Waals surface area contributed by atoms with Gasteiger partial charge in [-0.3, -0.25) is 19.3 Å². The van der Waals surface area contributed by atoms with Gasteiger partial charge in [0, 0.05) is 13.1 Å². The first-order valence-electron chi connectivity index (χ1n) is 8.52. The first-order valence-corrected chi connectivity index (χ1v) is 10.1. The molecular weight excluding hydrogens is 435 g/mol. The van der Waals surface area contributed by atoms with Gasteiger partial charge in [0.25, 0.3) is 17.1 Å². The number of ether oxygens (including phenoxy) is 1. The van der Waals surface area contributed by atoms with Crippen molar-refractivity contribution in [2.24, 2.45) is 0 Å². The van der Waals surface area contributed by atoms with Gasteiger partial charge >= 0.3 is 0 Å². The van der Waals surface area contributed by atoms with E-state index in [1.807, 2.05) is 0 Å². The van der Waals surface area contributed by atoms with E-state index in [2.05, 4.69) is 5.32 Å². The summed E-state index contributed by atoms with van der Waals surface area (Å²) in [5.74, 6) is -0.130. The molecule has 9 heteroatoms. The SMILES string of the molecule is COc1ccc(C=C2SC(=O)N(CCNC(=O)c3cccc(Cl)c3Cl)C2=O)cc1. The van der Waals surface area contributed by atoms with Crippen molar-refractivity contribution < 1.29 is 19.1 Å². The van der Waals surface area contributed by atoms with E-state index < -0.39 is 11.8 Å². The quantitative estimate of drug-likeness (QED) is 0.656. The maximum absolute atomic E-state index is 12.5. The number of nitrogens with one attached hydrogen (secondary N) is 1. The van der Waals surface area contributed by atoms with Crippen molar-refractivity contribution in [2.45, 2.75) is 0 Å². The summed E-state index contributed by atoms with van der Waals surface area (Å²) in [4.78, 5) is 38.4. The maximum atomic E-state index is 12.5. The fourth-order valence-corrected chi connectivity index (χ4v) is 3.85. The minimum atomic E-state index is -0.432. The molecule has 6 nitrogen and oxygen atoms in total. The van der Waals surface area contributed by atoms with Crippen LogP contribution in [0.25, 0.3) is 6.08 Å². The molecular formula is C20H16Cl2N2O4S. The minimum absolute atomic E-state index is 0.0501. The average Bonchev–Trinajstić information content (AvgIpc) is 2.97. The number of halogens is 2. The van der Waals surface area contributed by atoms with Gasteiger partial charge in [0.1, 0.15) is 5.75 Å². The Labute approximate surface area is 181 Å². The Hall–Kier alpha value is -2.48. The van der Waals surface area contributed by atoms with Crippen LogP contribution in [0, 0.1) is 0 Å². The van der Waals surface area contributed by atoms with Crippen molar-refractivity contribution >= 4 is 58.1 Å². The topological polar surface area (TPSA) is 75.7 Å². The first-order chi connectivity index (χ1) is 13.9. The van der Waals surface area contributed by atoms with Crippen molar-refractivity contribution in [2.75, 3.05) is 20.2 Å². The van der Waals surface area contributed by atoms with Crippen LogP contribution in [0.1, 0.15) is 15.9 Å². The number of rotatable bonds is 6. The minimum Gasteiger partial charge on any atom is -0.497 e. The van der Waals surface area contributed by atoms with E-state index in [-0.39, 0.29) is 33.9 Å².